The summed E-state index contributed by atoms with van der Waals surface area (Å²) >= 11 is 5.84. The van der Waals surface area contributed by atoms with Crippen molar-refractivity contribution in [2.45, 2.75) is 13.2 Å². The van der Waals surface area contributed by atoms with Crippen LogP contribution in [0.25, 0.3) is 0 Å². The first-order chi connectivity index (χ1) is 12.6. The third kappa shape index (κ3) is 4.70. The van der Waals surface area contributed by atoms with E-state index in [2.05, 4.69) is 15.3 Å². The van der Waals surface area contributed by atoms with E-state index in [1.165, 1.54) is 6.20 Å². The molecule has 0 saturated carbocycles. The Balaban J connectivity index is 1.72. The summed E-state index contributed by atoms with van der Waals surface area (Å²) in [6, 6.07) is 16.6. The van der Waals surface area contributed by atoms with Crippen molar-refractivity contribution in [3.63, 3.8) is 0 Å². The minimum Gasteiger partial charge on any atom is -0.486 e. The van der Waals surface area contributed by atoms with Gasteiger partial charge in [-0.15, -0.1) is 0 Å². The molecule has 0 bridgehead atoms. The van der Waals surface area contributed by atoms with Gasteiger partial charge >= 0.3 is 5.97 Å². The van der Waals surface area contributed by atoms with E-state index in [-0.39, 0.29) is 18.0 Å². The summed E-state index contributed by atoms with van der Waals surface area (Å²) in [6.45, 7) is 0.567. The third-order valence-corrected chi connectivity index (χ3v) is 3.81. The van der Waals surface area contributed by atoms with E-state index in [9.17, 15) is 9.90 Å². The molecule has 2 N–H and O–H groups in total. The maximum atomic E-state index is 11.4. The molecule has 3 rings (SSSR count). The predicted molar refractivity (Wildman–Crippen MR) is 98.5 cm³/mol. The Bertz CT molecular complexity index is 886. The molecule has 0 aliphatic heterocycles. The fourth-order valence-corrected chi connectivity index (χ4v) is 2.37. The molecule has 7 heteroatoms. The van der Waals surface area contributed by atoms with Crippen molar-refractivity contribution in [3.05, 3.63) is 82.8 Å². The van der Waals surface area contributed by atoms with Crippen molar-refractivity contribution in [2.75, 3.05) is 5.32 Å². The van der Waals surface area contributed by atoms with Gasteiger partial charge in [-0.3, -0.25) is 0 Å². The SMILES string of the molecule is O=C(O)c1cnc(COc2ccc(Cl)cc2)nc1NCc1ccccc1. The number of rotatable bonds is 7. The smallest absolute Gasteiger partial charge is 0.341 e. The van der Waals surface area contributed by atoms with Crippen LogP contribution in [0, 0.1) is 0 Å². The minimum atomic E-state index is -1.09. The number of carboxylic acids is 1. The zero-order valence-electron chi connectivity index (χ0n) is 13.7. The van der Waals surface area contributed by atoms with Gasteiger partial charge in [0, 0.05) is 17.8 Å². The van der Waals surface area contributed by atoms with Crippen LogP contribution in [0.4, 0.5) is 5.82 Å². The first kappa shape index (κ1) is 17.7. The second-order valence-corrected chi connectivity index (χ2v) is 5.87. The standard InChI is InChI=1S/C19H16ClN3O3/c20-14-6-8-15(9-7-14)26-12-17-21-11-16(19(24)25)18(23-17)22-10-13-4-2-1-3-5-13/h1-9,11H,10,12H2,(H,24,25)(H,21,22,23). The van der Waals surface area contributed by atoms with Crippen LogP contribution in [0.2, 0.25) is 5.02 Å². The summed E-state index contributed by atoms with van der Waals surface area (Å²) in [5, 5.41) is 13.0. The Kier molecular flexibility index (Phi) is 5.66. The Morgan fingerprint density at radius 3 is 2.54 bits per heavy atom. The highest BCUT2D eigenvalue weighted by molar-refractivity contribution is 6.30. The zero-order valence-corrected chi connectivity index (χ0v) is 14.5. The lowest BCUT2D eigenvalue weighted by atomic mass is 10.2. The van der Waals surface area contributed by atoms with Crippen LogP contribution in [0.5, 0.6) is 5.75 Å². The Labute approximate surface area is 155 Å². The second kappa shape index (κ2) is 8.31. The van der Waals surface area contributed by atoms with Crippen LogP contribution < -0.4 is 10.1 Å². The van der Waals surface area contributed by atoms with Gasteiger partial charge in [0.25, 0.3) is 0 Å². The van der Waals surface area contributed by atoms with Crippen molar-refractivity contribution in [1.29, 1.82) is 0 Å². The van der Waals surface area contributed by atoms with E-state index in [1.54, 1.807) is 24.3 Å². The van der Waals surface area contributed by atoms with E-state index in [1.807, 2.05) is 30.3 Å². The van der Waals surface area contributed by atoms with E-state index in [0.29, 0.717) is 23.1 Å². The number of carbonyl (C=O) groups is 1. The number of hydrogen-bond donors (Lipinski definition) is 2. The fraction of sp³-hybridized carbons (Fsp3) is 0.105. The summed E-state index contributed by atoms with van der Waals surface area (Å²) in [4.78, 5) is 19.7. The Hall–Kier alpha value is -3.12. The first-order valence-electron chi connectivity index (χ1n) is 7.87. The number of benzene rings is 2. The molecular formula is C19H16ClN3O3. The van der Waals surface area contributed by atoms with Crippen LogP contribution in [0.1, 0.15) is 21.7 Å². The molecule has 0 amide bonds. The molecular weight excluding hydrogens is 354 g/mol. The number of ether oxygens (including phenoxy) is 1. The normalized spacial score (nSPS) is 10.3. The molecule has 2 aromatic carbocycles. The number of nitrogens with one attached hydrogen (secondary N) is 1. The molecule has 0 aliphatic rings. The van der Waals surface area contributed by atoms with Gasteiger partial charge in [-0.05, 0) is 29.8 Å². The average molecular weight is 370 g/mol. The topological polar surface area (TPSA) is 84.3 Å². The molecule has 0 radical (unpaired) electrons. The lowest BCUT2D eigenvalue weighted by Crippen LogP contribution is -2.12. The lowest BCUT2D eigenvalue weighted by molar-refractivity contribution is 0.0697. The maximum Gasteiger partial charge on any atom is 0.341 e. The Morgan fingerprint density at radius 2 is 1.85 bits per heavy atom. The molecule has 0 saturated heterocycles. The first-order valence-corrected chi connectivity index (χ1v) is 8.25. The van der Waals surface area contributed by atoms with Crippen LogP contribution >= 0.6 is 11.6 Å². The van der Waals surface area contributed by atoms with Crippen LogP contribution in [0.3, 0.4) is 0 Å². The lowest BCUT2D eigenvalue weighted by Gasteiger charge is -2.11. The van der Waals surface area contributed by atoms with Gasteiger partial charge in [0.15, 0.2) is 5.82 Å². The molecule has 0 spiro atoms. The minimum absolute atomic E-state index is 0.0103. The van der Waals surface area contributed by atoms with Gasteiger partial charge in [-0.25, -0.2) is 14.8 Å². The quantitative estimate of drug-likeness (QED) is 0.654. The summed E-state index contributed by atoms with van der Waals surface area (Å²) in [6.07, 6.45) is 1.28. The molecule has 0 fully saturated rings. The number of aromatic nitrogens is 2. The van der Waals surface area contributed by atoms with E-state index in [0.717, 1.165) is 5.56 Å². The molecule has 3 aromatic rings. The number of aromatic carboxylic acids is 1. The number of carboxylic acid groups (broad SMARTS) is 1. The Morgan fingerprint density at radius 1 is 1.12 bits per heavy atom. The van der Waals surface area contributed by atoms with E-state index < -0.39 is 5.97 Å². The van der Waals surface area contributed by atoms with Crippen LogP contribution in [-0.2, 0) is 13.2 Å². The van der Waals surface area contributed by atoms with Crippen molar-refractivity contribution < 1.29 is 14.6 Å². The molecule has 0 aliphatic carbocycles. The van der Waals surface area contributed by atoms with E-state index in [4.69, 9.17) is 16.3 Å². The number of hydrogen-bond acceptors (Lipinski definition) is 5. The highest BCUT2D eigenvalue weighted by atomic mass is 35.5. The molecule has 0 atom stereocenters. The molecule has 132 valence electrons. The average Bonchev–Trinajstić information content (AvgIpc) is 2.66. The van der Waals surface area contributed by atoms with Gasteiger partial charge in [0.1, 0.15) is 23.7 Å². The summed E-state index contributed by atoms with van der Waals surface area (Å²) in [5.41, 5.74) is 1.03. The van der Waals surface area contributed by atoms with Gasteiger partial charge < -0.3 is 15.2 Å². The number of halogens is 1. The number of anilines is 1. The van der Waals surface area contributed by atoms with Gasteiger partial charge in [0.2, 0.25) is 0 Å². The fourth-order valence-electron chi connectivity index (χ4n) is 2.24. The molecule has 1 heterocycles. The second-order valence-electron chi connectivity index (χ2n) is 5.44. The molecule has 26 heavy (non-hydrogen) atoms. The third-order valence-electron chi connectivity index (χ3n) is 3.55. The van der Waals surface area contributed by atoms with Gasteiger partial charge in [-0.1, -0.05) is 41.9 Å². The maximum absolute atomic E-state index is 11.4. The van der Waals surface area contributed by atoms with Crippen molar-refractivity contribution >= 4 is 23.4 Å². The van der Waals surface area contributed by atoms with Crippen molar-refractivity contribution in [2.24, 2.45) is 0 Å². The summed E-state index contributed by atoms with van der Waals surface area (Å²) < 4.78 is 5.61. The van der Waals surface area contributed by atoms with Crippen LogP contribution in [-0.4, -0.2) is 21.0 Å². The zero-order chi connectivity index (χ0) is 18.4. The molecule has 6 nitrogen and oxygen atoms in total. The van der Waals surface area contributed by atoms with E-state index >= 15 is 0 Å². The predicted octanol–water partition coefficient (Wildman–Crippen LogP) is 4.02. The summed E-state index contributed by atoms with van der Waals surface area (Å²) in [5.74, 6) is 0.163. The van der Waals surface area contributed by atoms with Crippen molar-refractivity contribution in [1.82, 2.24) is 9.97 Å². The van der Waals surface area contributed by atoms with Crippen molar-refractivity contribution in [3.8, 4) is 5.75 Å². The van der Waals surface area contributed by atoms with Gasteiger partial charge in [0.05, 0.1) is 0 Å². The number of nitrogens with zero attached hydrogens (tertiary/aromatic N) is 2. The monoisotopic (exact) mass is 369 g/mol. The highest BCUT2D eigenvalue weighted by Gasteiger charge is 2.14. The largest absolute Gasteiger partial charge is 0.486 e. The highest BCUT2D eigenvalue weighted by Crippen LogP contribution is 2.18. The molecule has 0 unspecified atom stereocenters. The summed E-state index contributed by atoms with van der Waals surface area (Å²) in [7, 11) is 0. The van der Waals surface area contributed by atoms with Gasteiger partial charge in [-0.2, -0.15) is 0 Å². The van der Waals surface area contributed by atoms with Crippen LogP contribution in [0.15, 0.2) is 60.8 Å². The molecule has 1 aromatic heterocycles.